The molecule has 1 unspecified atom stereocenters. The minimum atomic E-state index is -0.658. The van der Waals surface area contributed by atoms with Crippen molar-refractivity contribution in [3.05, 3.63) is 0 Å². The number of aliphatic hydroxyl groups is 1. The molecule has 1 amide bonds. The first-order valence-electron chi connectivity index (χ1n) is 5.56. The van der Waals surface area contributed by atoms with Crippen molar-refractivity contribution < 1.29 is 9.90 Å². The van der Waals surface area contributed by atoms with E-state index in [0.717, 1.165) is 0 Å². The van der Waals surface area contributed by atoms with E-state index in [-0.39, 0.29) is 17.7 Å². The molecule has 0 radical (unpaired) electrons. The van der Waals surface area contributed by atoms with Crippen LogP contribution in [0.1, 0.15) is 20.8 Å². The lowest BCUT2D eigenvalue weighted by Crippen LogP contribution is -2.67. The summed E-state index contributed by atoms with van der Waals surface area (Å²) in [4.78, 5) is 13.5. The van der Waals surface area contributed by atoms with Gasteiger partial charge in [0.25, 0.3) is 0 Å². The molecule has 0 aliphatic carbocycles. The molecule has 0 bridgehead atoms. The van der Waals surface area contributed by atoms with Crippen LogP contribution in [0.4, 0.5) is 0 Å². The Morgan fingerprint density at radius 1 is 1.47 bits per heavy atom. The number of hydrogen-bond acceptors (Lipinski definition) is 3. The Bertz CT molecular complexity index is 235. The normalized spacial score (nSPS) is 21.3. The van der Waals surface area contributed by atoms with Gasteiger partial charge in [-0.15, -0.1) is 0 Å². The van der Waals surface area contributed by atoms with Crippen LogP contribution in [0.3, 0.4) is 0 Å². The number of carbonyl (C=O) groups excluding carboxylic acids is 1. The summed E-state index contributed by atoms with van der Waals surface area (Å²) in [5.74, 6) is 0.336. The zero-order chi connectivity index (χ0) is 11.6. The highest BCUT2D eigenvalue weighted by molar-refractivity contribution is 5.79. The van der Waals surface area contributed by atoms with Gasteiger partial charge in [-0.05, 0) is 13.0 Å². The summed E-state index contributed by atoms with van der Waals surface area (Å²) in [6.45, 7) is 7.54. The highest BCUT2D eigenvalue weighted by Crippen LogP contribution is 2.29. The lowest BCUT2D eigenvalue weighted by Gasteiger charge is -2.49. The third-order valence-corrected chi connectivity index (χ3v) is 3.25. The van der Waals surface area contributed by atoms with Gasteiger partial charge in [0.05, 0.1) is 13.1 Å². The summed E-state index contributed by atoms with van der Waals surface area (Å²) in [5.41, 5.74) is -0.658. The second-order valence-electron chi connectivity index (χ2n) is 4.91. The Morgan fingerprint density at radius 3 is 2.40 bits per heavy atom. The van der Waals surface area contributed by atoms with Crippen molar-refractivity contribution in [1.82, 2.24) is 10.2 Å². The second-order valence-corrected chi connectivity index (χ2v) is 4.91. The molecule has 1 saturated heterocycles. The molecule has 4 heteroatoms. The predicted octanol–water partition coefficient (Wildman–Crippen LogP) is 0.0712. The Balaban J connectivity index is 2.41. The minimum Gasteiger partial charge on any atom is -0.386 e. The van der Waals surface area contributed by atoms with Crippen LogP contribution in [-0.4, -0.2) is 48.2 Å². The summed E-state index contributed by atoms with van der Waals surface area (Å²) < 4.78 is 0. The predicted molar refractivity (Wildman–Crippen MR) is 59.5 cm³/mol. The molecule has 2 N–H and O–H groups in total. The molecule has 1 aliphatic rings. The Kier molecular flexibility index (Phi) is 3.73. The number of nitrogens with zero attached hydrogens (tertiary/aromatic N) is 1. The van der Waals surface area contributed by atoms with Crippen molar-refractivity contribution in [2.75, 3.05) is 26.7 Å². The summed E-state index contributed by atoms with van der Waals surface area (Å²) in [5, 5.41) is 13.0. The van der Waals surface area contributed by atoms with Crippen molar-refractivity contribution in [1.29, 1.82) is 0 Å². The van der Waals surface area contributed by atoms with Gasteiger partial charge < -0.3 is 15.3 Å². The van der Waals surface area contributed by atoms with Crippen molar-refractivity contribution in [3.63, 3.8) is 0 Å². The largest absolute Gasteiger partial charge is 0.386 e. The van der Waals surface area contributed by atoms with Gasteiger partial charge in [0, 0.05) is 12.5 Å². The number of rotatable bonds is 4. The van der Waals surface area contributed by atoms with Crippen molar-refractivity contribution in [2.45, 2.75) is 26.4 Å². The third kappa shape index (κ3) is 2.49. The number of amides is 1. The van der Waals surface area contributed by atoms with E-state index >= 15 is 0 Å². The quantitative estimate of drug-likeness (QED) is 0.696. The second kappa shape index (κ2) is 4.49. The van der Waals surface area contributed by atoms with Crippen molar-refractivity contribution in [2.24, 2.45) is 11.8 Å². The van der Waals surface area contributed by atoms with Crippen molar-refractivity contribution >= 4 is 5.91 Å². The maximum atomic E-state index is 11.8. The fourth-order valence-electron chi connectivity index (χ4n) is 1.84. The molecule has 88 valence electrons. The maximum Gasteiger partial charge on any atom is 0.226 e. The van der Waals surface area contributed by atoms with E-state index in [2.05, 4.69) is 5.32 Å². The molecule has 4 nitrogen and oxygen atoms in total. The van der Waals surface area contributed by atoms with Crippen LogP contribution in [0.25, 0.3) is 0 Å². The number of hydrogen-bond donors (Lipinski definition) is 2. The van der Waals surface area contributed by atoms with Crippen LogP contribution < -0.4 is 5.32 Å². The molecule has 1 heterocycles. The van der Waals surface area contributed by atoms with Crippen LogP contribution in [0.15, 0.2) is 0 Å². The first-order chi connectivity index (χ1) is 6.90. The average Bonchev–Trinajstić information content (AvgIpc) is 2.11. The number of nitrogens with one attached hydrogen (secondary N) is 1. The van der Waals surface area contributed by atoms with E-state index in [1.807, 2.05) is 27.8 Å². The number of carbonyl (C=O) groups is 1. The first kappa shape index (κ1) is 12.5. The molecule has 0 saturated carbocycles. The van der Waals surface area contributed by atoms with Gasteiger partial charge in [-0.1, -0.05) is 20.8 Å². The molecule has 15 heavy (non-hydrogen) atoms. The van der Waals surface area contributed by atoms with E-state index in [4.69, 9.17) is 0 Å². The van der Waals surface area contributed by atoms with Crippen LogP contribution in [0.2, 0.25) is 0 Å². The number of likely N-dealkylation sites (tertiary alicyclic amines) is 1. The summed E-state index contributed by atoms with van der Waals surface area (Å²) in [6, 6.07) is 0. The van der Waals surface area contributed by atoms with E-state index in [9.17, 15) is 9.90 Å². The fraction of sp³-hybridized carbons (Fsp3) is 0.909. The van der Waals surface area contributed by atoms with E-state index in [1.165, 1.54) is 0 Å². The first-order valence-corrected chi connectivity index (χ1v) is 5.56. The minimum absolute atomic E-state index is 0.00767. The van der Waals surface area contributed by atoms with Crippen LogP contribution in [0.5, 0.6) is 0 Å². The molecule has 1 rings (SSSR count). The van der Waals surface area contributed by atoms with Crippen LogP contribution in [-0.2, 0) is 4.79 Å². The molecule has 1 fully saturated rings. The highest BCUT2D eigenvalue weighted by Gasteiger charge is 2.46. The average molecular weight is 214 g/mol. The molecule has 0 aromatic rings. The monoisotopic (exact) mass is 214 g/mol. The maximum absolute atomic E-state index is 11.8. The van der Waals surface area contributed by atoms with Gasteiger partial charge in [-0.3, -0.25) is 4.79 Å². The standard InChI is InChI=1S/C11H22N2O2/c1-8(2)11(15)6-13(7-11)10(14)9(3)5-12-4/h8-9,12,15H,5-7H2,1-4H3. The molecular weight excluding hydrogens is 192 g/mol. The van der Waals surface area contributed by atoms with E-state index in [0.29, 0.717) is 19.6 Å². The Hall–Kier alpha value is -0.610. The van der Waals surface area contributed by atoms with Gasteiger partial charge >= 0.3 is 0 Å². The molecule has 1 atom stereocenters. The zero-order valence-corrected chi connectivity index (χ0v) is 10.1. The fourth-order valence-corrected chi connectivity index (χ4v) is 1.84. The van der Waals surface area contributed by atoms with Gasteiger partial charge in [0.15, 0.2) is 0 Å². The van der Waals surface area contributed by atoms with Gasteiger partial charge in [0.2, 0.25) is 5.91 Å². The summed E-state index contributed by atoms with van der Waals surface area (Å²) in [7, 11) is 1.84. The zero-order valence-electron chi connectivity index (χ0n) is 10.1. The van der Waals surface area contributed by atoms with Crippen molar-refractivity contribution in [3.8, 4) is 0 Å². The molecule has 0 aromatic heterocycles. The van der Waals surface area contributed by atoms with E-state index in [1.54, 1.807) is 4.90 Å². The summed E-state index contributed by atoms with van der Waals surface area (Å²) in [6.07, 6.45) is 0. The Labute approximate surface area is 91.6 Å². The smallest absolute Gasteiger partial charge is 0.226 e. The molecule has 0 aromatic carbocycles. The lowest BCUT2D eigenvalue weighted by molar-refractivity contribution is -0.167. The van der Waals surface area contributed by atoms with Crippen LogP contribution >= 0.6 is 0 Å². The van der Waals surface area contributed by atoms with Gasteiger partial charge in [-0.25, -0.2) is 0 Å². The molecule has 0 spiro atoms. The highest BCUT2D eigenvalue weighted by atomic mass is 16.3. The topological polar surface area (TPSA) is 52.6 Å². The van der Waals surface area contributed by atoms with Gasteiger partial charge in [-0.2, -0.15) is 0 Å². The molecular formula is C11H22N2O2. The Morgan fingerprint density at radius 2 is 2.00 bits per heavy atom. The van der Waals surface area contributed by atoms with Gasteiger partial charge in [0.1, 0.15) is 5.60 Å². The SMILES string of the molecule is CNCC(C)C(=O)N1CC(O)(C(C)C)C1. The molecule has 1 aliphatic heterocycles. The lowest BCUT2D eigenvalue weighted by atomic mass is 9.82. The van der Waals surface area contributed by atoms with Crippen LogP contribution in [0, 0.1) is 11.8 Å². The van der Waals surface area contributed by atoms with E-state index < -0.39 is 5.60 Å². The number of β-amino-alcohol motifs (C(OH)–C–C–N with tert-alkyl or cyclic N) is 1. The summed E-state index contributed by atoms with van der Waals surface area (Å²) >= 11 is 0. The third-order valence-electron chi connectivity index (χ3n) is 3.25.